The third kappa shape index (κ3) is 1.96. The maximum absolute atomic E-state index is 5.97. The highest BCUT2D eigenvalue weighted by Crippen LogP contribution is 2.25. The number of nitrogens with two attached hydrogens (primary N) is 1. The van der Waals surface area contributed by atoms with Crippen LogP contribution in [0.25, 0.3) is 0 Å². The molecule has 0 radical (unpaired) electrons. The third-order valence-electron chi connectivity index (χ3n) is 2.54. The Bertz CT molecular complexity index is 99.8. The minimum Gasteiger partial charge on any atom is -0.325 e. The van der Waals surface area contributed by atoms with Crippen molar-refractivity contribution in [2.75, 3.05) is 7.05 Å². The van der Waals surface area contributed by atoms with E-state index < -0.39 is 0 Å². The lowest BCUT2D eigenvalue weighted by molar-refractivity contribution is 0.275. The van der Waals surface area contributed by atoms with Gasteiger partial charge < -0.3 is 11.1 Å². The van der Waals surface area contributed by atoms with E-state index in [1.807, 2.05) is 7.05 Å². The smallest absolute Gasteiger partial charge is 0.0127 e. The molecule has 0 aromatic heterocycles. The van der Waals surface area contributed by atoms with Gasteiger partial charge in [0, 0.05) is 11.6 Å². The first-order chi connectivity index (χ1) is 4.64. The minimum absolute atomic E-state index is 0.118. The van der Waals surface area contributed by atoms with Crippen LogP contribution < -0.4 is 11.1 Å². The first-order valence-corrected chi connectivity index (χ1v) is 4.10. The van der Waals surface area contributed by atoms with Crippen LogP contribution in [0.3, 0.4) is 0 Å². The molecule has 0 unspecified atom stereocenters. The topological polar surface area (TPSA) is 38.0 Å². The number of nitrogens with one attached hydrogen (secondary N) is 1. The van der Waals surface area contributed by atoms with Gasteiger partial charge in [0.1, 0.15) is 0 Å². The molecule has 1 rings (SSSR count). The predicted molar refractivity (Wildman–Crippen MR) is 43.9 cm³/mol. The number of hydrogen-bond donors (Lipinski definition) is 2. The van der Waals surface area contributed by atoms with Crippen LogP contribution in [0, 0.1) is 0 Å². The first-order valence-electron chi connectivity index (χ1n) is 4.10. The molecule has 0 aromatic rings. The molecule has 2 heteroatoms. The van der Waals surface area contributed by atoms with Crippen LogP contribution >= 0.6 is 0 Å². The van der Waals surface area contributed by atoms with Crippen LogP contribution in [-0.2, 0) is 0 Å². The van der Waals surface area contributed by atoms with Crippen molar-refractivity contribution in [2.45, 2.75) is 44.2 Å². The van der Waals surface area contributed by atoms with Crippen LogP contribution in [0.15, 0.2) is 0 Å². The van der Waals surface area contributed by atoms with Gasteiger partial charge in [-0.2, -0.15) is 0 Å². The Labute approximate surface area is 63.2 Å². The molecule has 2 nitrogen and oxygen atoms in total. The molecule has 60 valence electrons. The van der Waals surface area contributed by atoms with Crippen molar-refractivity contribution in [3.05, 3.63) is 0 Å². The van der Waals surface area contributed by atoms with E-state index in [0.29, 0.717) is 0 Å². The summed E-state index contributed by atoms with van der Waals surface area (Å²) in [6.45, 7) is 2.15. The molecule has 1 saturated carbocycles. The van der Waals surface area contributed by atoms with E-state index >= 15 is 0 Å². The van der Waals surface area contributed by atoms with Gasteiger partial charge in [-0.3, -0.25) is 0 Å². The number of rotatable bonds is 1. The summed E-state index contributed by atoms with van der Waals surface area (Å²) < 4.78 is 0. The summed E-state index contributed by atoms with van der Waals surface area (Å²) in [6, 6.07) is 0.719. The Morgan fingerprint density at radius 2 is 1.90 bits per heavy atom. The normalized spacial score (nSPS) is 41.7. The molecule has 0 heterocycles. The Kier molecular flexibility index (Phi) is 2.32. The fourth-order valence-corrected chi connectivity index (χ4v) is 1.57. The zero-order valence-corrected chi connectivity index (χ0v) is 6.98. The summed E-state index contributed by atoms with van der Waals surface area (Å²) in [5, 5.41) is 3.29. The lowest BCUT2D eigenvalue weighted by Crippen LogP contribution is -2.44. The van der Waals surface area contributed by atoms with E-state index in [-0.39, 0.29) is 5.54 Å². The van der Waals surface area contributed by atoms with Crippen LogP contribution in [0.1, 0.15) is 32.6 Å². The van der Waals surface area contributed by atoms with E-state index in [1.54, 1.807) is 0 Å². The average Bonchev–Trinajstić information content (AvgIpc) is 1.88. The van der Waals surface area contributed by atoms with Crippen molar-refractivity contribution in [1.29, 1.82) is 0 Å². The Balaban J connectivity index is 2.31. The standard InChI is InChI=1S/C8H18N2/c1-8(9)5-3-7(10-2)4-6-8/h7,10H,3-6,9H2,1-2H3. The zero-order valence-electron chi connectivity index (χ0n) is 6.98. The van der Waals surface area contributed by atoms with Gasteiger partial charge >= 0.3 is 0 Å². The van der Waals surface area contributed by atoms with Crippen molar-refractivity contribution in [1.82, 2.24) is 5.32 Å². The summed E-state index contributed by atoms with van der Waals surface area (Å²) in [6.07, 6.45) is 4.81. The molecule has 0 amide bonds. The monoisotopic (exact) mass is 142 g/mol. The van der Waals surface area contributed by atoms with Crippen molar-refractivity contribution < 1.29 is 0 Å². The molecule has 3 N–H and O–H groups in total. The average molecular weight is 142 g/mol. The van der Waals surface area contributed by atoms with Crippen LogP contribution in [-0.4, -0.2) is 18.6 Å². The van der Waals surface area contributed by atoms with Gasteiger partial charge in [0.2, 0.25) is 0 Å². The molecule has 0 spiro atoms. The van der Waals surface area contributed by atoms with Crippen LogP contribution in [0.2, 0.25) is 0 Å². The van der Waals surface area contributed by atoms with Gasteiger partial charge in [-0.25, -0.2) is 0 Å². The molecule has 0 aliphatic heterocycles. The molecule has 1 aliphatic carbocycles. The molecule has 0 atom stereocenters. The van der Waals surface area contributed by atoms with Gasteiger partial charge in [-0.05, 0) is 39.7 Å². The van der Waals surface area contributed by atoms with Gasteiger partial charge in [-0.1, -0.05) is 0 Å². The maximum Gasteiger partial charge on any atom is 0.0127 e. The zero-order chi connectivity index (χ0) is 7.61. The first kappa shape index (κ1) is 8.02. The molecule has 0 bridgehead atoms. The summed E-state index contributed by atoms with van der Waals surface area (Å²) in [5.74, 6) is 0. The second-order valence-corrected chi connectivity index (χ2v) is 3.72. The van der Waals surface area contributed by atoms with Gasteiger partial charge in [0.25, 0.3) is 0 Å². The van der Waals surface area contributed by atoms with Crippen LogP contribution in [0.4, 0.5) is 0 Å². The molecule has 1 fully saturated rings. The second kappa shape index (κ2) is 2.89. The maximum atomic E-state index is 5.97. The van der Waals surface area contributed by atoms with Crippen molar-refractivity contribution in [2.24, 2.45) is 5.73 Å². The molecular weight excluding hydrogens is 124 g/mol. The molecular formula is C8H18N2. The Hall–Kier alpha value is -0.0800. The predicted octanol–water partition coefficient (Wildman–Crippen LogP) is 0.866. The van der Waals surface area contributed by atoms with E-state index in [2.05, 4.69) is 12.2 Å². The molecule has 0 saturated heterocycles. The molecule has 1 aliphatic rings. The quantitative estimate of drug-likeness (QED) is 0.570. The lowest BCUT2D eigenvalue weighted by Gasteiger charge is -2.33. The van der Waals surface area contributed by atoms with Crippen molar-refractivity contribution >= 4 is 0 Å². The van der Waals surface area contributed by atoms with E-state index in [4.69, 9.17) is 5.73 Å². The fraction of sp³-hybridized carbons (Fsp3) is 1.00. The second-order valence-electron chi connectivity index (χ2n) is 3.72. The highest BCUT2D eigenvalue weighted by Gasteiger charge is 2.25. The summed E-state index contributed by atoms with van der Waals surface area (Å²) in [4.78, 5) is 0. The summed E-state index contributed by atoms with van der Waals surface area (Å²) in [7, 11) is 2.03. The molecule has 10 heavy (non-hydrogen) atoms. The van der Waals surface area contributed by atoms with Gasteiger partial charge in [0.15, 0.2) is 0 Å². The third-order valence-corrected chi connectivity index (χ3v) is 2.54. The summed E-state index contributed by atoms with van der Waals surface area (Å²) >= 11 is 0. The highest BCUT2D eigenvalue weighted by atomic mass is 14.9. The Morgan fingerprint density at radius 1 is 1.40 bits per heavy atom. The van der Waals surface area contributed by atoms with E-state index in [9.17, 15) is 0 Å². The van der Waals surface area contributed by atoms with Gasteiger partial charge in [-0.15, -0.1) is 0 Å². The van der Waals surface area contributed by atoms with Crippen molar-refractivity contribution in [3.8, 4) is 0 Å². The number of hydrogen-bond acceptors (Lipinski definition) is 2. The van der Waals surface area contributed by atoms with Crippen LogP contribution in [0.5, 0.6) is 0 Å². The highest BCUT2D eigenvalue weighted by molar-refractivity contribution is 4.87. The fourth-order valence-electron chi connectivity index (χ4n) is 1.57. The largest absolute Gasteiger partial charge is 0.325 e. The van der Waals surface area contributed by atoms with E-state index in [0.717, 1.165) is 6.04 Å². The van der Waals surface area contributed by atoms with E-state index in [1.165, 1.54) is 25.7 Å². The summed E-state index contributed by atoms with van der Waals surface area (Å²) in [5.41, 5.74) is 6.09. The van der Waals surface area contributed by atoms with Crippen molar-refractivity contribution in [3.63, 3.8) is 0 Å². The lowest BCUT2D eigenvalue weighted by atomic mass is 9.82. The molecule has 0 aromatic carbocycles. The van der Waals surface area contributed by atoms with Gasteiger partial charge in [0.05, 0.1) is 0 Å². The SMILES string of the molecule is CNC1CCC(C)(N)CC1. The Morgan fingerprint density at radius 3 is 2.30 bits per heavy atom. The minimum atomic E-state index is 0.118.